The van der Waals surface area contributed by atoms with Crippen molar-refractivity contribution in [1.82, 2.24) is 19.5 Å². The number of aromatic nitrogens is 1. The van der Waals surface area contributed by atoms with Gasteiger partial charge in [0.15, 0.2) is 0 Å². The van der Waals surface area contributed by atoms with Crippen LogP contribution in [-0.4, -0.2) is 53.3 Å². The van der Waals surface area contributed by atoms with E-state index in [4.69, 9.17) is 0 Å². The number of pyridine rings is 1. The van der Waals surface area contributed by atoms with Gasteiger partial charge in [0.25, 0.3) is 0 Å². The fourth-order valence-corrected chi connectivity index (χ4v) is 5.19. The van der Waals surface area contributed by atoms with E-state index in [2.05, 4.69) is 10.3 Å². The van der Waals surface area contributed by atoms with E-state index in [1.165, 1.54) is 4.90 Å². The molecule has 4 aromatic rings. The first-order chi connectivity index (χ1) is 19.8. The molecule has 2 amide bonds. The lowest BCUT2D eigenvalue weighted by Crippen LogP contribution is -2.53. The highest BCUT2D eigenvalue weighted by atomic mass is 32.2. The van der Waals surface area contributed by atoms with Gasteiger partial charge in [0.1, 0.15) is 6.04 Å². The minimum absolute atomic E-state index is 0.0428. The lowest BCUT2D eigenvalue weighted by Gasteiger charge is -2.33. The third-order valence-electron chi connectivity index (χ3n) is 6.64. The minimum Gasteiger partial charge on any atom is -0.350 e. The van der Waals surface area contributed by atoms with Crippen LogP contribution in [0.2, 0.25) is 0 Å². The van der Waals surface area contributed by atoms with Gasteiger partial charge in [0.2, 0.25) is 21.8 Å². The number of carbonyl (C=O) groups excluding carboxylic acids is 2. The first kappa shape index (κ1) is 29.6. The van der Waals surface area contributed by atoms with Crippen LogP contribution in [0.5, 0.6) is 0 Å². The Kier molecular flexibility index (Phi) is 10.4. The van der Waals surface area contributed by atoms with Crippen molar-refractivity contribution < 1.29 is 18.0 Å². The second-order valence-electron chi connectivity index (χ2n) is 9.81. The van der Waals surface area contributed by atoms with E-state index >= 15 is 0 Å². The summed E-state index contributed by atoms with van der Waals surface area (Å²) >= 11 is 0. The molecule has 0 aliphatic rings. The molecule has 3 aromatic carbocycles. The van der Waals surface area contributed by atoms with Crippen LogP contribution in [0.1, 0.15) is 22.3 Å². The number of sulfonamides is 1. The first-order valence-corrected chi connectivity index (χ1v) is 15.2. The van der Waals surface area contributed by atoms with Gasteiger partial charge in [-0.1, -0.05) is 97.1 Å². The maximum Gasteiger partial charge on any atom is 0.243 e. The van der Waals surface area contributed by atoms with E-state index in [1.54, 1.807) is 18.5 Å². The van der Waals surface area contributed by atoms with E-state index in [0.717, 1.165) is 32.8 Å². The molecule has 0 radical (unpaired) electrons. The second kappa shape index (κ2) is 14.3. The Morgan fingerprint density at radius 1 is 0.756 bits per heavy atom. The minimum atomic E-state index is -3.74. The topological polar surface area (TPSA) is 99.7 Å². The summed E-state index contributed by atoms with van der Waals surface area (Å²) in [6.07, 6.45) is 4.68. The molecule has 4 rings (SSSR count). The van der Waals surface area contributed by atoms with Crippen molar-refractivity contribution in [2.24, 2.45) is 0 Å². The molecule has 0 spiro atoms. The predicted octanol–water partition coefficient (Wildman–Crippen LogP) is 3.80. The van der Waals surface area contributed by atoms with E-state index in [-0.39, 0.29) is 32.0 Å². The van der Waals surface area contributed by atoms with Gasteiger partial charge in [-0.2, -0.15) is 4.31 Å². The summed E-state index contributed by atoms with van der Waals surface area (Å²) < 4.78 is 26.7. The zero-order valence-electron chi connectivity index (χ0n) is 23.0. The summed E-state index contributed by atoms with van der Waals surface area (Å²) in [6, 6.07) is 30.7. The molecule has 41 heavy (non-hydrogen) atoms. The highest BCUT2D eigenvalue weighted by Gasteiger charge is 2.32. The van der Waals surface area contributed by atoms with Crippen molar-refractivity contribution in [2.75, 3.05) is 12.8 Å². The van der Waals surface area contributed by atoms with Crippen LogP contribution in [-0.2, 0) is 45.7 Å². The lowest BCUT2D eigenvalue weighted by atomic mass is 10.0. The molecular weight excluding hydrogens is 536 g/mol. The zero-order chi connectivity index (χ0) is 29.1. The third-order valence-corrected chi connectivity index (χ3v) is 7.83. The molecule has 0 bridgehead atoms. The summed E-state index contributed by atoms with van der Waals surface area (Å²) in [4.78, 5) is 33.4. The Morgan fingerprint density at radius 2 is 1.29 bits per heavy atom. The van der Waals surface area contributed by atoms with Crippen LogP contribution in [0.25, 0.3) is 0 Å². The molecule has 0 saturated heterocycles. The zero-order valence-corrected chi connectivity index (χ0v) is 23.8. The van der Waals surface area contributed by atoms with Gasteiger partial charge >= 0.3 is 0 Å². The number of rotatable bonds is 13. The van der Waals surface area contributed by atoms with Crippen molar-refractivity contribution in [2.45, 2.75) is 32.1 Å². The maximum atomic E-state index is 14.0. The van der Waals surface area contributed by atoms with E-state index in [9.17, 15) is 18.0 Å². The molecular formula is C32H34N4O4S. The highest BCUT2D eigenvalue weighted by Crippen LogP contribution is 2.17. The molecule has 1 aromatic heterocycles. The molecule has 1 atom stereocenters. The van der Waals surface area contributed by atoms with Crippen molar-refractivity contribution in [3.63, 3.8) is 0 Å². The Morgan fingerprint density at radius 3 is 1.83 bits per heavy atom. The maximum absolute atomic E-state index is 14.0. The molecule has 8 nitrogen and oxygen atoms in total. The summed E-state index contributed by atoms with van der Waals surface area (Å²) in [7, 11) is -3.74. The molecule has 0 aliphatic carbocycles. The quantitative estimate of drug-likeness (QED) is 0.264. The second-order valence-corrected chi connectivity index (χ2v) is 11.8. The molecule has 212 valence electrons. The number of nitrogens with one attached hydrogen (secondary N) is 1. The molecule has 0 aliphatic heterocycles. The Hall–Kier alpha value is -4.34. The molecule has 1 heterocycles. The first-order valence-electron chi connectivity index (χ1n) is 13.3. The standard InChI is InChI=1S/C32H34N4O4S/c1-41(39,40)35(23-27-14-7-3-8-15-27)25-31(37)36(24-28-16-9-4-10-17-28)30(20-26-12-5-2-6-13-26)32(38)34-22-29-18-11-19-33-21-29/h2-19,21,30H,20,22-25H2,1H3,(H,34,38)/t30-/m1/s1. The van der Waals surface area contributed by atoms with E-state index in [1.807, 2.05) is 97.1 Å². The van der Waals surface area contributed by atoms with Gasteiger partial charge < -0.3 is 10.2 Å². The fraction of sp³-hybridized carbons (Fsp3) is 0.219. The Balaban J connectivity index is 1.66. The number of nitrogens with zero attached hydrogens (tertiary/aromatic N) is 3. The van der Waals surface area contributed by atoms with Crippen LogP contribution < -0.4 is 5.32 Å². The van der Waals surface area contributed by atoms with Gasteiger partial charge in [-0.15, -0.1) is 0 Å². The molecule has 0 saturated carbocycles. The summed E-state index contributed by atoms with van der Waals surface area (Å²) in [5.74, 6) is -0.802. The van der Waals surface area contributed by atoms with Crippen molar-refractivity contribution in [3.05, 3.63) is 138 Å². The van der Waals surface area contributed by atoms with Crippen LogP contribution >= 0.6 is 0 Å². The number of amides is 2. The van der Waals surface area contributed by atoms with Gasteiger partial charge in [-0.05, 0) is 28.3 Å². The monoisotopic (exact) mass is 570 g/mol. The van der Waals surface area contributed by atoms with E-state index in [0.29, 0.717) is 0 Å². The largest absolute Gasteiger partial charge is 0.350 e. The van der Waals surface area contributed by atoms with Crippen LogP contribution in [0.3, 0.4) is 0 Å². The van der Waals surface area contributed by atoms with Crippen molar-refractivity contribution >= 4 is 21.8 Å². The van der Waals surface area contributed by atoms with Crippen molar-refractivity contribution in [3.8, 4) is 0 Å². The average Bonchev–Trinajstić information content (AvgIpc) is 2.99. The molecule has 0 fully saturated rings. The normalized spacial score (nSPS) is 12.0. The third kappa shape index (κ3) is 9.09. The smallest absolute Gasteiger partial charge is 0.243 e. The Labute approximate surface area is 241 Å². The average molecular weight is 571 g/mol. The van der Waals surface area contributed by atoms with E-state index < -0.39 is 28.5 Å². The fourth-order valence-electron chi connectivity index (χ4n) is 4.46. The van der Waals surface area contributed by atoms with Gasteiger partial charge in [-0.25, -0.2) is 8.42 Å². The molecule has 9 heteroatoms. The predicted molar refractivity (Wildman–Crippen MR) is 159 cm³/mol. The number of hydrogen-bond acceptors (Lipinski definition) is 5. The SMILES string of the molecule is CS(=O)(=O)N(CC(=O)N(Cc1ccccc1)[C@H](Cc1ccccc1)C(=O)NCc1cccnc1)Cc1ccccc1. The summed E-state index contributed by atoms with van der Waals surface area (Å²) in [5.41, 5.74) is 3.29. The Bertz CT molecular complexity index is 1500. The van der Waals surface area contributed by atoms with Crippen molar-refractivity contribution in [1.29, 1.82) is 0 Å². The highest BCUT2D eigenvalue weighted by molar-refractivity contribution is 7.88. The number of carbonyl (C=O) groups is 2. The van der Waals surface area contributed by atoms with Crippen LogP contribution in [0.4, 0.5) is 0 Å². The summed E-state index contributed by atoms with van der Waals surface area (Å²) in [6.45, 7) is 0.0259. The van der Waals surface area contributed by atoms with Gasteiger partial charge in [0.05, 0.1) is 12.8 Å². The summed E-state index contributed by atoms with van der Waals surface area (Å²) in [5, 5.41) is 2.96. The molecule has 1 N–H and O–H groups in total. The number of hydrogen-bond donors (Lipinski definition) is 1. The van der Waals surface area contributed by atoms with Gasteiger partial charge in [-0.3, -0.25) is 14.6 Å². The lowest BCUT2D eigenvalue weighted by molar-refractivity contribution is -0.141. The van der Waals surface area contributed by atoms with Crippen LogP contribution in [0.15, 0.2) is 116 Å². The molecule has 0 unspecified atom stereocenters. The number of benzene rings is 3. The van der Waals surface area contributed by atoms with Gasteiger partial charge in [0, 0.05) is 38.4 Å². The van der Waals surface area contributed by atoms with Crippen LogP contribution in [0, 0.1) is 0 Å².